The largest absolute Gasteiger partial charge is 0.376 e. The molecule has 1 N–H and O–H groups in total. The number of carbonyl (C=O) groups is 2. The minimum atomic E-state index is -0.456. The number of carbonyl (C=O) groups excluding carboxylic acids is 2. The third-order valence-corrected chi connectivity index (χ3v) is 7.73. The number of ether oxygens (including phenoxy) is 1. The molecule has 1 unspecified atom stereocenters. The summed E-state index contributed by atoms with van der Waals surface area (Å²) >= 11 is 13.8. The SMILES string of the molecule is Cc1ccsc1CN(Cc1ccc(F)cc1)C(=O)CN(CC1CCCO1)C(=O)Nc1ccc(Cl)cc1Cl. The first kappa shape index (κ1) is 27.4. The van der Waals surface area contributed by atoms with E-state index in [1.165, 1.54) is 17.0 Å². The van der Waals surface area contributed by atoms with Crippen LogP contribution < -0.4 is 5.32 Å². The number of thiophene rings is 1. The summed E-state index contributed by atoms with van der Waals surface area (Å²) < 4.78 is 19.2. The smallest absolute Gasteiger partial charge is 0.322 e. The highest BCUT2D eigenvalue weighted by Crippen LogP contribution is 2.26. The minimum absolute atomic E-state index is 0.149. The monoisotopic (exact) mass is 563 g/mol. The van der Waals surface area contributed by atoms with E-state index in [9.17, 15) is 14.0 Å². The van der Waals surface area contributed by atoms with Crippen molar-refractivity contribution >= 4 is 52.2 Å². The van der Waals surface area contributed by atoms with Gasteiger partial charge < -0.3 is 19.9 Å². The van der Waals surface area contributed by atoms with Crippen LogP contribution in [0.3, 0.4) is 0 Å². The number of nitrogens with zero attached hydrogens (tertiary/aromatic N) is 2. The van der Waals surface area contributed by atoms with Gasteiger partial charge in [0.1, 0.15) is 12.4 Å². The Morgan fingerprint density at radius 1 is 1.11 bits per heavy atom. The lowest BCUT2D eigenvalue weighted by Gasteiger charge is -2.29. The molecule has 2 aromatic carbocycles. The molecule has 0 bridgehead atoms. The number of benzene rings is 2. The number of rotatable bonds is 9. The fraction of sp³-hybridized carbons (Fsp3) is 0.333. The molecule has 4 rings (SSSR count). The second-order valence-corrected chi connectivity index (χ2v) is 10.8. The zero-order valence-corrected chi connectivity index (χ0v) is 22.7. The van der Waals surface area contributed by atoms with Crippen LogP contribution in [0.15, 0.2) is 53.9 Å². The van der Waals surface area contributed by atoms with E-state index in [4.69, 9.17) is 27.9 Å². The maximum atomic E-state index is 13.7. The second-order valence-electron chi connectivity index (χ2n) is 8.97. The van der Waals surface area contributed by atoms with Gasteiger partial charge in [0.2, 0.25) is 5.91 Å². The summed E-state index contributed by atoms with van der Waals surface area (Å²) in [5.41, 5.74) is 2.29. The van der Waals surface area contributed by atoms with E-state index >= 15 is 0 Å². The van der Waals surface area contributed by atoms with Crippen molar-refractivity contribution in [2.24, 2.45) is 0 Å². The molecular weight excluding hydrogens is 536 g/mol. The van der Waals surface area contributed by atoms with Gasteiger partial charge in [-0.25, -0.2) is 9.18 Å². The number of urea groups is 1. The van der Waals surface area contributed by atoms with E-state index in [0.717, 1.165) is 28.8 Å². The Kier molecular flexibility index (Phi) is 9.43. The van der Waals surface area contributed by atoms with Crippen molar-refractivity contribution in [1.29, 1.82) is 0 Å². The predicted molar refractivity (Wildman–Crippen MR) is 146 cm³/mol. The van der Waals surface area contributed by atoms with Crippen LogP contribution in [0.4, 0.5) is 14.9 Å². The Labute approximate surface area is 229 Å². The van der Waals surface area contributed by atoms with Gasteiger partial charge in [-0.05, 0) is 72.7 Å². The predicted octanol–water partition coefficient (Wildman–Crippen LogP) is 6.74. The summed E-state index contributed by atoms with van der Waals surface area (Å²) in [5.74, 6) is -0.566. The van der Waals surface area contributed by atoms with Gasteiger partial charge in [0.15, 0.2) is 0 Å². The summed E-state index contributed by atoms with van der Waals surface area (Å²) in [5, 5.41) is 5.54. The maximum absolute atomic E-state index is 13.7. The van der Waals surface area contributed by atoms with Gasteiger partial charge in [0.25, 0.3) is 0 Å². The van der Waals surface area contributed by atoms with Crippen LogP contribution in [0, 0.1) is 12.7 Å². The van der Waals surface area contributed by atoms with Gasteiger partial charge >= 0.3 is 6.03 Å². The minimum Gasteiger partial charge on any atom is -0.376 e. The van der Waals surface area contributed by atoms with E-state index in [0.29, 0.717) is 28.9 Å². The second kappa shape index (κ2) is 12.7. The fourth-order valence-corrected chi connectivity index (χ4v) is 5.46. The molecule has 0 aliphatic carbocycles. The van der Waals surface area contributed by atoms with Crippen molar-refractivity contribution in [2.75, 3.05) is 25.0 Å². The van der Waals surface area contributed by atoms with Crippen LogP contribution in [-0.4, -0.2) is 47.5 Å². The summed E-state index contributed by atoms with van der Waals surface area (Å²) in [7, 11) is 0. The van der Waals surface area contributed by atoms with Gasteiger partial charge in [-0.1, -0.05) is 35.3 Å². The van der Waals surface area contributed by atoms with Crippen LogP contribution in [0.5, 0.6) is 0 Å². The molecule has 0 saturated carbocycles. The molecule has 1 fully saturated rings. The third-order valence-electron chi connectivity index (χ3n) is 6.18. The number of anilines is 1. The molecule has 1 aliphatic rings. The topological polar surface area (TPSA) is 61.9 Å². The highest BCUT2D eigenvalue weighted by molar-refractivity contribution is 7.10. The first-order chi connectivity index (χ1) is 17.8. The standard InChI is InChI=1S/C27H28Cl2FN3O3S/c1-18-10-12-37-25(18)16-32(14-19-4-7-21(30)8-5-19)26(34)17-33(15-22-3-2-11-36-22)27(35)31-24-9-6-20(28)13-23(24)29/h4-10,12-13,22H,2-3,11,14-17H2,1H3,(H,31,35). The van der Waals surface area contributed by atoms with Gasteiger partial charge in [0, 0.05) is 29.6 Å². The molecule has 1 saturated heterocycles. The Morgan fingerprint density at radius 3 is 2.54 bits per heavy atom. The van der Waals surface area contributed by atoms with Crippen LogP contribution in [0.2, 0.25) is 10.0 Å². The Balaban J connectivity index is 1.54. The molecule has 1 atom stereocenters. The lowest BCUT2D eigenvalue weighted by Crippen LogP contribution is -2.46. The molecule has 2 heterocycles. The molecule has 1 aromatic heterocycles. The van der Waals surface area contributed by atoms with E-state index in [1.54, 1.807) is 46.6 Å². The third kappa shape index (κ3) is 7.68. The summed E-state index contributed by atoms with van der Waals surface area (Å²) in [6, 6.07) is 12.4. The number of hydrogen-bond acceptors (Lipinski definition) is 4. The number of nitrogens with one attached hydrogen (secondary N) is 1. The van der Waals surface area contributed by atoms with Crippen molar-refractivity contribution < 1.29 is 18.7 Å². The molecule has 1 aliphatic heterocycles. The lowest BCUT2D eigenvalue weighted by atomic mass is 10.2. The fourth-order valence-electron chi connectivity index (χ4n) is 4.08. The summed E-state index contributed by atoms with van der Waals surface area (Å²) in [4.78, 5) is 31.2. The molecular formula is C27H28Cl2FN3O3S. The van der Waals surface area contributed by atoms with E-state index in [1.807, 2.05) is 18.4 Å². The average Bonchev–Trinajstić information content (AvgIpc) is 3.53. The normalized spacial score (nSPS) is 15.0. The quantitative estimate of drug-likeness (QED) is 0.313. The Morgan fingerprint density at radius 2 is 1.89 bits per heavy atom. The van der Waals surface area contributed by atoms with Gasteiger partial charge in [-0.15, -0.1) is 11.3 Å². The number of hydrogen-bond donors (Lipinski definition) is 1. The van der Waals surface area contributed by atoms with Gasteiger partial charge in [-0.3, -0.25) is 4.79 Å². The summed E-state index contributed by atoms with van der Waals surface area (Å²) in [6.07, 6.45) is 1.57. The highest BCUT2D eigenvalue weighted by Gasteiger charge is 2.27. The number of halogens is 3. The zero-order chi connectivity index (χ0) is 26.4. The van der Waals surface area contributed by atoms with Gasteiger partial charge in [-0.2, -0.15) is 0 Å². The molecule has 3 amide bonds. The molecule has 3 aromatic rings. The van der Waals surface area contributed by atoms with Crippen molar-refractivity contribution in [3.8, 4) is 0 Å². The van der Waals surface area contributed by atoms with E-state index in [2.05, 4.69) is 5.32 Å². The van der Waals surface area contributed by atoms with E-state index < -0.39 is 6.03 Å². The van der Waals surface area contributed by atoms with E-state index in [-0.39, 0.29) is 37.5 Å². The van der Waals surface area contributed by atoms with Crippen LogP contribution in [0.1, 0.15) is 28.8 Å². The van der Waals surface area contributed by atoms with Crippen molar-refractivity contribution in [3.63, 3.8) is 0 Å². The van der Waals surface area contributed by atoms with Crippen molar-refractivity contribution in [3.05, 3.63) is 85.8 Å². The first-order valence-corrected chi connectivity index (χ1v) is 13.6. The van der Waals surface area contributed by atoms with Gasteiger partial charge in [0.05, 0.1) is 23.4 Å². The van der Waals surface area contributed by atoms with Crippen LogP contribution in [-0.2, 0) is 22.6 Å². The Hall–Kier alpha value is -2.65. The summed E-state index contributed by atoms with van der Waals surface area (Å²) in [6.45, 7) is 3.42. The average molecular weight is 565 g/mol. The Bertz CT molecular complexity index is 1230. The van der Waals surface area contributed by atoms with Crippen LogP contribution in [0.25, 0.3) is 0 Å². The highest BCUT2D eigenvalue weighted by atomic mass is 35.5. The molecule has 0 spiro atoms. The van der Waals surface area contributed by atoms with Crippen LogP contribution >= 0.6 is 34.5 Å². The van der Waals surface area contributed by atoms with Crippen molar-refractivity contribution in [2.45, 2.75) is 39.0 Å². The molecule has 0 radical (unpaired) electrons. The van der Waals surface area contributed by atoms with Crippen molar-refractivity contribution in [1.82, 2.24) is 9.80 Å². The lowest BCUT2D eigenvalue weighted by molar-refractivity contribution is -0.133. The molecule has 6 nitrogen and oxygen atoms in total. The molecule has 10 heteroatoms. The molecule has 37 heavy (non-hydrogen) atoms. The zero-order valence-electron chi connectivity index (χ0n) is 20.4. The molecule has 196 valence electrons. The number of aryl methyl sites for hydroxylation is 1. The number of amides is 3. The maximum Gasteiger partial charge on any atom is 0.322 e. The first-order valence-electron chi connectivity index (χ1n) is 12.0.